The van der Waals surface area contributed by atoms with Gasteiger partial charge in [0, 0.05) is 13.1 Å². The zero-order valence-electron chi connectivity index (χ0n) is 11.8. The Labute approximate surface area is 114 Å². The van der Waals surface area contributed by atoms with Gasteiger partial charge < -0.3 is 15.3 Å². The van der Waals surface area contributed by atoms with Crippen LogP contribution in [0.5, 0.6) is 0 Å². The second kappa shape index (κ2) is 5.61. The predicted molar refractivity (Wildman–Crippen MR) is 75.2 cm³/mol. The number of aryl methyl sites for hydroxylation is 1. The second-order valence-electron chi connectivity index (χ2n) is 5.44. The summed E-state index contributed by atoms with van der Waals surface area (Å²) in [6, 6.07) is 6.39. The minimum Gasteiger partial charge on any atom is -0.395 e. The number of urea groups is 1. The zero-order valence-corrected chi connectivity index (χ0v) is 11.8. The number of aliphatic hydroxyl groups is 1. The fraction of sp³-hybridized carbons (Fsp3) is 0.533. The molecule has 104 valence electrons. The van der Waals surface area contributed by atoms with Crippen molar-refractivity contribution in [2.75, 3.05) is 19.7 Å². The molecule has 1 heterocycles. The second-order valence-corrected chi connectivity index (χ2v) is 5.44. The Morgan fingerprint density at radius 3 is 2.84 bits per heavy atom. The maximum Gasteiger partial charge on any atom is 0.318 e. The van der Waals surface area contributed by atoms with Gasteiger partial charge in [-0.15, -0.1) is 0 Å². The monoisotopic (exact) mass is 262 g/mol. The SMILES string of the molecule is Cc1ccc(C(C)C)cc1C1CN(CCO)C(=O)N1. The summed E-state index contributed by atoms with van der Waals surface area (Å²) >= 11 is 0. The smallest absolute Gasteiger partial charge is 0.318 e. The molecule has 0 aliphatic carbocycles. The molecule has 1 aliphatic heterocycles. The number of aliphatic hydroxyl groups excluding tert-OH is 1. The summed E-state index contributed by atoms with van der Waals surface area (Å²) in [4.78, 5) is 13.4. The largest absolute Gasteiger partial charge is 0.395 e. The first-order valence-corrected chi connectivity index (χ1v) is 6.79. The molecular weight excluding hydrogens is 240 g/mol. The molecule has 1 saturated heterocycles. The van der Waals surface area contributed by atoms with Gasteiger partial charge in [0.25, 0.3) is 0 Å². The fourth-order valence-electron chi connectivity index (χ4n) is 2.47. The van der Waals surface area contributed by atoms with Crippen LogP contribution in [-0.4, -0.2) is 35.7 Å². The number of hydrogen-bond donors (Lipinski definition) is 2. The number of hydrogen-bond acceptors (Lipinski definition) is 2. The molecule has 0 spiro atoms. The number of rotatable bonds is 4. The molecule has 1 atom stereocenters. The van der Waals surface area contributed by atoms with E-state index in [1.165, 1.54) is 16.7 Å². The van der Waals surface area contributed by atoms with Crippen molar-refractivity contribution in [2.24, 2.45) is 0 Å². The highest BCUT2D eigenvalue weighted by Gasteiger charge is 2.30. The van der Waals surface area contributed by atoms with E-state index in [1.54, 1.807) is 4.90 Å². The van der Waals surface area contributed by atoms with Gasteiger partial charge in [0.1, 0.15) is 0 Å². The molecule has 0 saturated carbocycles. The van der Waals surface area contributed by atoms with Crippen molar-refractivity contribution in [3.8, 4) is 0 Å². The molecule has 4 heteroatoms. The van der Waals surface area contributed by atoms with Gasteiger partial charge in [-0.1, -0.05) is 32.0 Å². The van der Waals surface area contributed by atoms with Gasteiger partial charge in [0.15, 0.2) is 0 Å². The molecule has 0 radical (unpaired) electrons. The van der Waals surface area contributed by atoms with Crippen molar-refractivity contribution < 1.29 is 9.90 Å². The van der Waals surface area contributed by atoms with Crippen LogP contribution in [0.2, 0.25) is 0 Å². The number of nitrogens with zero attached hydrogens (tertiary/aromatic N) is 1. The summed E-state index contributed by atoms with van der Waals surface area (Å²) in [5.41, 5.74) is 3.66. The fourth-order valence-corrected chi connectivity index (χ4v) is 2.47. The molecule has 2 amide bonds. The summed E-state index contributed by atoms with van der Waals surface area (Å²) in [7, 11) is 0. The molecule has 1 aliphatic rings. The number of benzene rings is 1. The zero-order chi connectivity index (χ0) is 14.0. The average molecular weight is 262 g/mol. The molecule has 2 N–H and O–H groups in total. The van der Waals surface area contributed by atoms with Gasteiger partial charge in [-0.3, -0.25) is 0 Å². The number of nitrogens with one attached hydrogen (secondary N) is 1. The van der Waals surface area contributed by atoms with Gasteiger partial charge in [0.2, 0.25) is 0 Å². The number of amides is 2. The molecule has 1 fully saturated rings. The Morgan fingerprint density at radius 2 is 2.21 bits per heavy atom. The number of β-amino-alcohol motifs (C(OH)–C–C–N with tert-alkyl or cyclic N) is 1. The maximum absolute atomic E-state index is 11.8. The van der Waals surface area contributed by atoms with E-state index < -0.39 is 0 Å². The van der Waals surface area contributed by atoms with E-state index in [2.05, 4.69) is 44.3 Å². The molecule has 2 rings (SSSR count). The van der Waals surface area contributed by atoms with Crippen LogP contribution in [0.3, 0.4) is 0 Å². The Hall–Kier alpha value is -1.55. The van der Waals surface area contributed by atoms with Gasteiger partial charge in [-0.25, -0.2) is 4.79 Å². The minimum absolute atomic E-state index is 0.00511. The average Bonchev–Trinajstić information content (AvgIpc) is 2.71. The van der Waals surface area contributed by atoms with E-state index >= 15 is 0 Å². The first-order chi connectivity index (χ1) is 9.02. The van der Waals surface area contributed by atoms with Crippen molar-refractivity contribution in [1.29, 1.82) is 0 Å². The van der Waals surface area contributed by atoms with E-state index in [0.717, 1.165) is 0 Å². The van der Waals surface area contributed by atoms with Crippen LogP contribution in [0, 0.1) is 6.92 Å². The predicted octanol–water partition coefficient (Wildman–Crippen LogP) is 2.18. The van der Waals surface area contributed by atoms with Crippen LogP contribution < -0.4 is 5.32 Å². The van der Waals surface area contributed by atoms with E-state index in [4.69, 9.17) is 5.11 Å². The number of carbonyl (C=O) groups is 1. The van der Waals surface area contributed by atoms with Gasteiger partial charge >= 0.3 is 6.03 Å². The van der Waals surface area contributed by atoms with E-state index in [9.17, 15) is 4.79 Å². The van der Waals surface area contributed by atoms with Gasteiger partial charge in [-0.05, 0) is 29.5 Å². The Kier molecular flexibility index (Phi) is 4.10. The molecule has 19 heavy (non-hydrogen) atoms. The van der Waals surface area contributed by atoms with Crippen LogP contribution in [0.4, 0.5) is 4.79 Å². The van der Waals surface area contributed by atoms with Gasteiger partial charge in [0.05, 0.1) is 12.6 Å². The molecule has 0 aromatic heterocycles. The molecule has 4 nitrogen and oxygen atoms in total. The quantitative estimate of drug-likeness (QED) is 0.874. The lowest BCUT2D eigenvalue weighted by molar-refractivity contribution is 0.196. The summed E-state index contributed by atoms with van der Waals surface area (Å²) in [5.74, 6) is 0.477. The van der Waals surface area contributed by atoms with Crippen molar-refractivity contribution >= 4 is 6.03 Å². The van der Waals surface area contributed by atoms with Crippen LogP contribution in [0.25, 0.3) is 0 Å². The lowest BCUT2D eigenvalue weighted by atomic mass is 9.94. The molecule has 0 bridgehead atoms. The first kappa shape index (κ1) is 13.9. The highest BCUT2D eigenvalue weighted by molar-refractivity contribution is 5.77. The summed E-state index contributed by atoms with van der Waals surface area (Å²) in [6.45, 7) is 7.43. The van der Waals surface area contributed by atoms with Crippen molar-refractivity contribution in [3.63, 3.8) is 0 Å². The lowest BCUT2D eigenvalue weighted by Crippen LogP contribution is -2.30. The Balaban J connectivity index is 2.23. The van der Waals surface area contributed by atoms with E-state index in [1.807, 2.05) is 0 Å². The maximum atomic E-state index is 11.8. The third kappa shape index (κ3) is 2.89. The summed E-state index contributed by atoms with van der Waals surface area (Å²) < 4.78 is 0. The highest BCUT2D eigenvalue weighted by Crippen LogP contribution is 2.26. The van der Waals surface area contributed by atoms with Crippen LogP contribution in [-0.2, 0) is 0 Å². The van der Waals surface area contributed by atoms with E-state index in [-0.39, 0.29) is 18.7 Å². The lowest BCUT2D eigenvalue weighted by Gasteiger charge is -2.17. The highest BCUT2D eigenvalue weighted by atomic mass is 16.3. The standard InChI is InChI=1S/C15H22N2O2/c1-10(2)12-5-4-11(3)13(8-12)14-9-17(6-7-18)15(19)16-14/h4-5,8,10,14,18H,6-7,9H2,1-3H3,(H,16,19). The third-order valence-corrected chi connectivity index (χ3v) is 3.70. The van der Waals surface area contributed by atoms with Crippen LogP contribution in [0.1, 0.15) is 42.5 Å². The normalized spacial score (nSPS) is 19.1. The first-order valence-electron chi connectivity index (χ1n) is 6.79. The van der Waals surface area contributed by atoms with Crippen LogP contribution >= 0.6 is 0 Å². The summed E-state index contributed by atoms with van der Waals surface area (Å²) in [5, 5.41) is 11.9. The Morgan fingerprint density at radius 1 is 1.47 bits per heavy atom. The molecule has 1 aromatic carbocycles. The van der Waals surface area contributed by atoms with Crippen molar-refractivity contribution in [3.05, 3.63) is 34.9 Å². The van der Waals surface area contributed by atoms with Gasteiger partial charge in [-0.2, -0.15) is 0 Å². The minimum atomic E-state index is -0.0894. The summed E-state index contributed by atoms with van der Waals surface area (Å²) in [6.07, 6.45) is 0. The Bertz CT molecular complexity index is 471. The van der Waals surface area contributed by atoms with E-state index in [0.29, 0.717) is 19.0 Å². The van der Waals surface area contributed by atoms with Crippen molar-refractivity contribution in [2.45, 2.75) is 32.7 Å². The number of carbonyl (C=O) groups excluding carboxylic acids is 1. The molecular formula is C15H22N2O2. The third-order valence-electron chi connectivity index (χ3n) is 3.70. The molecule has 1 unspecified atom stereocenters. The van der Waals surface area contributed by atoms with Crippen LogP contribution in [0.15, 0.2) is 18.2 Å². The molecule has 1 aromatic rings. The van der Waals surface area contributed by atoms with Crippen molar-refractivity contribution in [1.82, 2.24) is 10.2 Å². The topological polar surface area (TPSA) is 52.6 Å².